The summed E-state index contributed by atoms with van der Waals surface area (Å²) in [6.45, 7) is 0.668. The van der Waals surface area contributed by atoms with E-state index in [-0.39, 0.29) is 0 Å². The van der Waals surface area contributed by atoms with Crippen molar-refractivity contribution in [2.45, 2.75) is 6.54 Å². The first-order chi connectivity index (χ1) is 7.79. The highest BCUT2D eigenvalue weighted by molar-refractivity contribution is 6.29. The summed E-state index contributed by atoms with van der Waals surface area (Å²) < 4.78 is 1.94. The fourth-order valence-corrected chi connectivity index (χ4v) is 1.53. The highest BCUT2D eigenvalue weighted by Gasteiger charge is 1.96. The molecule has 0 fully saturated rings. The molecule has 0 saturated carbocycles. The van der Waals surface area contributed by atoms with Gasteiger partial charge in [-0.2, -0.15) is 5.10 Å². The highest BCUT2D eigenvalue weighted by atomic mass is 35.5. The van der Waals surface area contributed by atoms with Crippen LogP contribution in [0.25, 0.3) is 0 Å². The molecule has 0 unspecified atom stereocenters. The minimum absolute atomic E-state index is 0.491. The Bertz CT molecular complexity index is 530. The molecule has 0 aliphatic rings. The van der Waals surface area contributed by atoms with Gasteiger partial charge in [-0.25, -0.2) is 4.98 Å². The third-order valence-electron chi connectivity index (χ3n) is 2.19. The van der Waals surface area contributed by atoms with Gasteiger partial charge in [0.05, 0.1) is 6.54 Å². The van der Waals surface area contributed by atoms with Gasteiger partial charge in [-0.1, -0.05) is 23.7 Å². The molecule has 0 spiro atoms. The Kier molecular flexibility index (Phi) is 3.22. The maximum Gasteiger partial charge on any atom is 0.152 e. The van der Waals surface area contributed by atoms with Gasteiger partial charge in [-0.3, -0.25) is 0 Å². The van der Waals surface area contributed by atoms with E-state index in [9.17, 15) is 0 Å². The summed E-state index contributed by atoms with van der Waals surface area (Å²) in [6, 6.07) is 9.36. The fraction of sp³-hybridized carbons (Fsp3) is 0.0909. The van der Waals surface area contributed by atoms with Crippen LogP contribution < -0.4 is 11.3 Å². The molecule has 0 bridgehead atoms. The van der Waals surface area contributed by atoms with Crippen LogP contribution in [-0.4, -0.2) is 9.55 Å². The lowest BCUT2D eigenvalue weighted by molar-refractivity contribution is 0.730. The SMILES string of the molecule is N/N=c1\ccccn1Cc1ccc(Cl)nc1. The number of nitrogens with zero attached hydrogens (tertiary/aromatic N) is 3. The summed E-state index contributed by atoms with van der Waals surface area (Å²) in [7, 11) is 0. The van der Waals surface area contributed by atoms with Crippen LogP contribution in [0, 0.1) is 0 Å². The van der Waals surface area contributed by atoms with E-state index in [1.165, 1.54) is 0 Å². The number of pyridine rings is 2. The van der Waals surface area contributed by atoms with Gasteiger partial charge in [0.1, 0.15) is 5.15 Å². The van der Waals surface area contributed by atoms with Gasteiger partial charge in [0.15, 0.2) is 5.49 Å². The van der Waals surface area contributed by atoms with Gasteiger partial charge in [0.25, 0.3) is 0 Å². The predicted octanol–water partition coefficient (Wildman–Crippen LogP) is 1.36. The molecule has 2 rings (SSSR count). The van der Waals surface area contributed by atoms with Gasteiger partial charge in [0.2, 0.25) is 0 Å². The molecule has 4 nitrogen and oxygen atoms in total. The first kappa shape index (κ1) is 10.7. The molecule has 2 N–H and O–H groups in total. The second-order valence-corrected chi connectivity index (χ2v) is 3.69. The third kappa shape index (κ3) is 2.41. The van der Waals surface area contributed by atoms with Crippen LogP contribution in [0.2, 0.25) is 5.15 Å². The van der Waals surface area contributed by atoms with Crippen molar-refractivity contribution in [3.8, 4) is 0 Å². The zero-order chi connectivity index (χ0) is 11.4. The molecule has 2 aromatic heterocycles. The first-order valence-corrected chi connectivity index (χ1v) is 5.17. The molecule has 82 valence electrons. The summed E-state index contributed by atoms with van der Waals surface area (Å²) in [5, 5.41) is 4.19. The lowest BCUT2D eigenvalue weighted by Crippen LogP contribution is -2.21. The Morgan fingerprint density at radius 2 is 2.19 bits per heavy atom. The number of aromatic nitrogens is 2. The maximum atomic E-state index is 5.72. The average molecular weight is 235 g/mol. The van der Waals surface area contributed by atoms with Crippen LogP contribution in [0.1, 0.15) is 5.56 Å². The van der Waals surface area contributed by atoms with E-state index in [1.807, 2.05) is 35.0 Å². The quantitative estimate of drug-likeness (QED) is 0.485. The standard InChI is InChI=1S/C11H11ClN4/c12-10-5-4-9(7-14-10)8-16-6-2-1-3-11(16)15-13/h1-7H,8,13H2/b15-11+. The van der Waals surface area contributed by atoms with Crippen LogP contribution in [0.3, 0.4) is 0 Å². The van der Waals surface area contributed by atoms with E-state index in [0.29, 0.717) is 11.7 Å². The second-order valence-electron chi connectivity index (χ2n) is 3.31. The van der Waals surface area contributed by atoms with Crippen molar-refractivity contribution in [3.05, 3.63) is 58.9 Å². The van der Waals surface area contributed by atoms with Crippen LogP contribution >= 0.6 is 11.6 Å². The summed E-state index contributed by atoms with van der Waals surface area (Å²) in [5.74, 6) is 5.30. The molecular formula is C11H11ClN4. The van der Waals surface area contributed by atoms with Crippen LogP contribution in [0.15, 0.2) is 47.8 Å². The Balaban J connectivity index is 2.31. The molecule has 0 aliphatic heterocycles. The summed E-state index contributed by atoms with van der Waals surface area (Å²) in [5.41, 5.74) is 1.77. The van der Waals surface area contributed by atoms with E-state index >= 15 is 0 Å². The van der Waals surface area contributed by atoms with Crippen molar-refractivity contribution in [2.24, 2.45) is 10.9 Å². The molecule has 5 heteroatoms. The lowest BCUT2D eigenvalue weighted by atomic mass is 10.3. The minimum atomic E-state index is 0.491. The molecule has 0 aliphatic carbocycles. The van der Waals surface area contributed by atoms with Crippen molar-refractivity contribution >= 4 is 11.6 Å². The van der Waals surface area contributed by atoms with E-state index in [1.54, 1.807) is 12.3 Å². The molecule has 0 saturated heterocycles. The molecule has 2 heterocycles. The van der Waals surface area contributed by atoms with Crippen LogP contribution in [0.4, 0.5) is 0 Å². The minimum Gasteiger partial charge on any atom is -0.327 e. The fourth-order valence-electron chi connectivity index (χ4n) is 1.41. The van der Waals surface area contributed by atoms with Crippen LogP contribution in [-0.2, 0) is 6.54 Å². The first-order valence-electron chi connectivity index (χ1n) is 4.79. The molecule has 2 aromatic rings. The number of nitrogens with two attached hydrogens (primary N) is 1. The van der Waals surface area contributed by atoms with Crippen molar-refractivity contribution in [1.82, 2.24) is 9.55 Å². The molecule has 16 heavy (non-hydrogen) atoms. The normalized spacial score (nSPS) is 11.7. The molecule has 0 amide bonds. The van der Waals surface area contributed by atoms with E-state index in [2.05, 4.69) is 10.1 Å². The monoisotopic (exact) mass is 234 g/mol. The van der Waals surface area contributed by atoms with Gasteiger partial charge in [0, 0.05) is 12.4 Å². The molecule has 0 aromatic carbocycles. The van der Waals surface area contributed by atoms with Crippen molar-refractivity contribution in [1.29, 1.82) is 0 Å². The second kappa shape index (κ2) is 4.81. The highest BCUT2D eigenvalue weighted by Crippen LogP contribution is 2.05. The number of hydrogen-bond donors (Lipinski definition) is 1. The summed E-state index contributed by atoms with van der Waals surface area (Å²) in [6.07, 6.45) is 3.66. The molecular weight excluding hydrogens is 224 g/mol. The van der Waals surface area contributed by atoms with Crippen molar-refractivity contribution < 1.29 is 0 Å². The summed E-state index contributed by atoms with van der Waals surface area (Å²) in [4.78, 5) is 4.02. The van der Waals surface area contributed by atoms with E-state index in [4.69, 9.17) is 17.4 Å². The third-order valence-corrected chi connectivity index (χ3v) is 2.41. The Hall–Kier alpha value is -1.81. The Morgan fingerprint density at radius 3 is 2.88 bits per heavy atom. The van der Waals surface area contributed by atoms with Crippen molar-refractivity contribution in [3.63, 3.8) is 0 Å². The zero-order valence-electron chi connectivity index (χ0n) is 8.55. The van der Waals surface area contributed by atoms with E-state index < -0.39 is 0 Å². The maximum absolute atomic E-state index is 5.72. The number of rotatable bonds is 2. The smallest absolute Gasteiger partial charge is 0.152 e. The Morgan fingerprint density at radius 1 is 1.31 bits per heavy atom. The van der Waals surface area contributed by atoms with Gasteiger partial charge >= 0.3 is 0 Å². The van der Waals surface area contributed by atoms with Gasteiger partial charge < -0.3 is 10.4 Å². The van der Waals surface area contributed by atoms with Gasteiger partial charge in [-0.05, 0) is 23.8 Å². The number of hydrogen-bond acceptors (Lipinski definition) is 3. The van der Waals surface area contributed by atoms with E-state index in [0.717, 1.165) is 11.1 Å². The summed E-state index contributed by atoms with van der Waals surface area (Å²) >= 11 is 5.72. The largest absolute Gasteiger partial charge is 0.327 e. The van der Waals surface area contributed by atoms with Crippen LogP contribution in [0.5, 0.6) is 0 Å². The lowest BCUT2D eigenvalue weighted by Gasteiger charge is -2.06. The predicted molar refractivity (Wildman–Crippen MR) is 62.5 cm³/mol. The molecule has 0 atom stereocenters. The van der Waals surface area contributed by atoms with Gasteiger partial charge in [-0.15, -0.1) is 0 Å². The number of halogens is 1. The average Bonchev–Trinajstić information content (AvgIpc) is 2.33. The Labute approximate surface area is 98.0 Å². The zero-order valence-corrected chi connectivity index (χ0v) is 9.30. The molecule has 0 radical (unpaired) electrons. The van der Waals surface area contributed by atoms with Crippen molar-refractivity contribution in [2.75, 3.05) is 0 Å². The topological polar surface area (TPSA) is 56.2 Å².